The van der Waals surface area contributed by atoms with Crippen LogP contribution in [0.1, 0.15) is 66.5 Å². The summed E-state index contributed by atoms with van der Waals surface area (Å²) in [5, 5.41) is 1.52. The van der Waals surface area contributed by atoms with Gasteiger partial charge in [-0.1, -0.05) is 79.5 Å². The Bertz CT molecular complexity index is 1460. The Labute approximate surface area is 214 Å². The number of halogens is 1. The van der Waals surface area contributed by atoms with Crippen molar-refractivity contribution < 1.29 is 4.39 Å². The average molecular weight is 471 g/mol. The molecular formula is C35H31F. The molecule has 1 heteroatoms. The Morgan fingerprint density at radius 2 is 1.28 bits per heavy atom. The zero-order valence-electron chi connectivity index (χ0n) is 21.1. The maximum atomic E-state index is 14.9. The van der Waals surface area contributed by atoms with Crippen molar-refractivity contribution >= 4 is 10.8 Å². The van der Waals surface area contributed by atoms with Crippen molar-refractivity contribution in [1.29, 1.82) is 0 Å². The molecule has 0 aliphatic rings. The van der Waals surface area contributed by atoms with E-state index in [1.54, 1.807) is 0 Å². The topological polar surface area (TPSA) is 0 Å². The molecule has 0 amide bonds. The van der Waals surface area contributed by atoms with Gasteiger partial charge in [0.1, 0.15) is 5.82 Å². The highest BCUT2D eigenvalue weighted by Gasteiger charge is 2.07. The van der Waals surface area contributed by atoms with Gasteiger partial charge in [0.25, 0.3) is 0 Å². The van der Waals surface area contributed by atoms with E-state index in [1.807, 2.05) is 67.6 Å². The van der Waals surface area contributed by atoms with Gasteiger partial charge in [-0.15, -0.1) is 0 Å². The van der Waals surface area contributed by atoms with Crippen LogP contribution in [0, 0.1) is 29.5 Å². The normalized spacial score (nSPS) is 10.6. The van der Waals surface area contributed by atoms with Crippen molar-refractivity contribution in [3.63, 3.8) is 0 Å². The van der Waals surface area contributed by atoms with E-state index in [0.29, 0.717) is 11.8 Å². The van der Waals surface area contributed by atoms with E-state index >= 15 is 0 Å². The van der Waals surface area contributed by atoms with Crippen molar-refractivity contribution in [2.45, 2.75) is 46.0 Å². The third-order valence-electron chi connectivity index (χ3n) is 6.21. The Hall–Kier alpha value is -4.07. The molecule has 0 aromatic heterocycles. The molecule has 0 aliphatic carbocycles. The molecule has 36 heavy (non-hydrogen) atoms. The van der Waals surface area contributed by atoms with Crippen molar-refractivity contribution in [3.8, 4) is 23.7 Å². The van der Waals surface area contributed by atoms with Crippen LogP contribution in [0.2, 0.25) is 0 Å². The number of rotatable bonds is 6. The number of hydrogen-bond donors (Lipinski definition) is 0. The molecule has 0 fully saturated rings. The number of aryl methyl sites for hydroxylation is 2. The van der Waals surface area contributed by atoms with Gasteiger partial charge in [0, 0.05) is 27.6 Å². The Balaban J connectivity index is 1.43. The van der Waals surface area contributed by atoms with Gasteiger partial charge in [-0.2, -0.15) is 0 Å². The second-order valence-corrected chi connectivity index (χ2v) is 8.96. The monoisotopic (exact) mass is 470 g/mol. The van der Waals surface area contributed by atoms with E-state index in [0.717, 1.165) is 46.0 Å². The first-order chi connectivity index (χ1) is 17.7. The predicted molar refractivity (Wildman–Crippen MR) is 150 cm³/mol. The van der Waals surface area contributed by atoms with Crippen LogP contribution in [0.5, 0.6) is 0 Å². The summed E-state index contributed by atoms with van der Waals surface area (Å²) in [5.74, 6) is 12.8. The molecule has 0 aliphatic heterocycles. The fraction of sp³-hybridized carbons (Fsp3) is 0.200. The van der Waals surface area contributed by atoms with Crippen molar-refractivity contribution in [3.05, 3.63) is 130 Å². The molecule has 0 atom stereocenters. The van der Waals surface area contributed by atoms with Crippen LogP contribution in [0.15, 0.2) is 91.0 Å². The molecule has 0 saturated carbocycles. The van der Waals surface area contributed by atoms with Crippen LogP contribution in [-0.2, 0) is 12.8 Å². The largest absolute Gasteiger partial charge is 0.206 e. The van der Waals surface area contributed by atoms with E-state index in [4.69, 9.17) is 0 Å². The summed E-state index contributed by atoms with van der Waals surface area (Å²) in [5.41, 5.74) is 5.90. The summed E-state index contributed by atoms with van der Waals surface area (Å²) in [7, 11) is 0. The molecule has 4 aromatic rings. The fourth-order valence-corrected chi connectivity index (χ4v) is 4.07. The molecule has 0 radical (unpaired) electrons. The SMILES string of the molecule is C/C=C/CCc1ccc2cc(C#Cc3ccc(C#Cc4ccc(CCCC)cc4)cc3)ccc2c1F. The van der Waals surface area contributed by atoms with E-state index in [2.05, 4.69) is 60.9 Å². The van der Waals surface area contributed by atoms with Gasteiger partial charge in [-0.3, -0.25) is 0 Å². The predicted octanol–water partition coefficient (Wildman–Crippen LogP) is 8.63. The van der Waals surface area contributed by atoms with E-state index in [1.165, 1.54) is 18.4 Å². The summed E-state index contributed by atoms with van der Waals surface area (Å²) in [4.78, 5) is 0. The van der Waals surface area contributed by atoms with Crippen LogP contribution in [0.3, 0.4) is 0 Å². The Morgan fingerprint density at radius 3 is 1.89 bits per heavy atom. The number of hydrogen-bond acceptors (Lipinski definition) is 0. The van der Waals surface area contributed by atoms with Crippen LogP contribution < -0.4 is 0 Å². The minimum absolute atomic E-state index is 0.124. The van der Waals surface area contributed by atoms with Gasteiger partial charge in [0.2, 0.25) is 0 Å². The number of unbranched alkanes of at least 4 members (excludes halogenated alkanes) is 1. The lowest BCUT2D eigenvalue weighted by Gasteiger charge is -2.06. The van der Waals surface area contributed by atoms with E-state index in [9.17, 15) is 4.39 Å². The lowest BCUT2D eigenvalue weighted by Crippen LogP contribution is -1.92. The van der Waals surface area contributed by atoms with Crippen molar-refractivity contribution in [2.75, 3.05) is 0 Å². The lowest BCUT2D eigenvalue weighted by atomic mass is 10.0. The molecule has 0 unspecified atom stereocenters. The average Bonchev–Trinajstić information content (AvgIpc) is 2.92. The molecule has 0 N–H and O–H groups in total. The first-order valence-corrected chi connectivity index (χ1v) is 12.7. The van der Waals surface area contributed by atoms with Crippen molar-refractivity contribution in [2.24, 2.45) is 0 Å². The molecule has 0 spiro atoms. The summed E-state index contributed by atoms with van der Waals surface area (Å²) in [6, 6.07) is 26.1. The molecule has 0 bridgehead atoms. The Kier molecular flexibility index (Phi) is 8.75. The zero-order chi connectivity index (χ0) is 25.2. The maximum absolute atomic E-state index is 14.9. The van der Waals surface area contributed by atoms with Gasteiger partial charge >= 0.3 is 0 Å². The summed E-state index contributed by atoms with van der Waals surface area (Å²) in [6.07, 6.45) is 9.17. The highest BCUT2D eigenvalue weighted by Crippen LogP contribution is 2.23. The standard InChI is InChI=1S/C35H31F/c1-3-5-7-9-32-23-24-33-26-31(22-25-34(33)35(32)36)21-20-30-18-16-29(17-19-30)15-14-28-12-10-27(11-13-28)8-6-4-2/h3,5,10-13,16-19,22-26H,4,6-9H2,1-2H3/b5-3+. The molecule has 178 valence electrons. The van der Waals surface area contributed by atoms with Crippen LogP contribution in [0.25, 0.3) is 10.8 Å². The lowest BCUT2D eigenvalue weighted by molar-refractivity contribution is 0.621. The summed E-state index contributed by atoms with van der Waals surface area (Å²) < 4.78 is 14.9. The van der Waals surface area contributed by atoms with Crippen LogP contribution in [-0.4, -0.2) is 0 Å². The van der Waals surface area contributed by atoms with E-state index in [-0.39, 0.29) is 5.82 Å². The Morgan fingerprint density at radius 1 is 0.694 bits per heavy atom. The van der Waals surface area contributed by atoms with Crippen molar-refractivity contribution in [1.82, 2.24) is 0 Å². The van der Waals surface area contributed by atoms with Gasteiger partial charge < -0.3 is 0 Å². The molecular weight excluding hydrogens is 439 g/mol. The second-order valence-electron chi connectivity index (χ2n) is 8.96. The molecule has 4 aromatic carbocycles. The highest BCUT2D eigenvalue weighted by molar-refractivity contribution is 5.85. The number of allylic oxidation sites excluding steroid dienone is 2. The minimum Gasteiger partial charge on any atom is -0.206 e. The van der Waals surface area contributed by atoms with E-state index < -0.39 is 0 Å². The molecule has 0 heterocycles. The quantitative estimate of drug-likeness (QED) is 0.195. The minimum atomic E-state index is -0.124. The third kappa shape index (κ3) is 6.75. The van der Waals surface area contributed by atoms with Gasteiger partial charge in [0.05, 0.1) is 0 Å². The summed E-state index contributed by atoms with van der Waals surface area (Å²) >= 11 is 0. The maximum Gasteiger partial charge on any atom is 0.134 e. The number of fused-ring (bicyclic) bond motifs is 1. The smallest absolute Gasteiger partial charge is 0.134 e. The first kappa shape index (κ1) is 25.0. The van der Waals surface area contributed by atoms with Crippen LogP contribution >= 0.6 is 0 Å². The second kappa shape index (κ2) is 12.6. The molecule has 0 saturated heterocycles. The van der Waals surface area contributed by atoms with Gasteiger partial charge in [-0.05, 0) is 97.7 Å². The first-order valence-electron chi connectivity index (χ1n) is 12.7. The highest BCUT2D eigenvalue weighted by atomic mass is 19.1. The molecule has 0 nitrogen and oxygen atoms in total. The number of benzene rings is 4. The summed E-state index contributed by atoms with van der Waals surface area (Å²) in [6.45, 7) is 4.20. The third-order valence-corrected chi connectivity index (χ3v) is 6.21. The molecule has 4 rings (SSSR count). The van der Waals surface area contributed by atoms with Gasteiger partial charge in [-0.25, -0.2) is 4.39 Å². The van der Waals surface area contributed by atoms with Crippen LogP contribution in [0.4, 0.5) is 4.39 Å². The van der Waals surface area contributed by atoms with Gasteiger partial charge in [0.15, 0.2) is 0 Å². The fourth-order valence-electron chi connectivity index (χ4n) is 4.07. The zero-order valence-corrected chi connectivity index (χ0v) is 21.1.